The fourth-order valence-corrected chi connectivity index (χ4v) is 2.79. The number of nitrogens with zero attached hydrogens (tertiary/aromatic N) is 3. The highest BCUT2D eigenvalue weighted by molar-refractivity contribution is 5.78. The van der Waals surface area contributed by atoms with E-state index < -0.39 is 5.60 Å². The first-order chi connectivity index (χ1) is 11.9. The van der Waals surface area contributed by atoms with Crippen molar-refractivity contribution in [3.8, 4) is 11.8 Å². The first-order valence-corrected chi connectivity index (χ1v) is 8.88. The van der Waals surface area contributed by atoms with E-state index in [1.54, 1.807) is 4.90 Å². The predicted octanol–water partition coefficient (Wildman–Crippen LogP) is 3.37. The minimum atomic E-state index is -0.508. The molecule has 1 aromatic rings. The van der Waals surface area contributed by atoms with E-state index in [0.717, 1.165) is 42.8 Å². The number of unbranched alkanes of at least 4 members (excludes halogenated alkanes) is 1. The van der Waals surface area contributed by atoms with Gasteiger partial charge in [-0.1, -0.05) is 6.92 Å². The normalized spacial score (nSPS) is 13.7. The Balaban J connectivity index is 2.08. The number of carbonyl (C=O) groups excluding carboxylic acids is 1. The van der Waals surface area contributed by atoms with Crippen molar-refractivity contribution in [3.05, 3.63) is 17.0 Å². The van der Waals surface area contributed by atoms with Crippen molar-refractivity contribution in [2.75, 3.05) is 6.54 Å². The van der Waals surface area contributed by atoms with Crippen LogP contribution in [0.1, 0.15) is 63.9 Å². The summed E-state index contributed by atoms with van der Waals surface area (Å²) in [4.78, 5) is 14.0. The molecule has 1 aromatic heterocycles. The highest BCUT2D eigenvalue weighted by atomic mass is 16.6. The summed E-state index contributed by atoms with van der Waals surface area (Å²) < 4.78 is 7.34. The van der Waals surface area contributed by atoms with Crippen molar-refractivity contribution in [1.29, 1.82) is 5.41 Å². The SMILES string of the molecule is CCC#CCCCn1nc2c(c1C=N)CN(C(=O)OC(C)(C)C)CC2. The summed E-state index contributed by atoms with van der Waals surface area (Å²) in [5.74, 6) is 6.20. The quantitative estimate of drug-likeness (QED) is 0.517. The molecule has 25 heavy (non-hydrogen) atoms. The molecule has 0 atom stereocenters. The van der Waals surface area contributed by atoms with Crippen LogP contribution in [0.3, 0.4) is 0 Å². The van der Waals surface area contributed by atoms with Gasteiger partial charge in [0.25, 0.3) is 0 Å². The molecule has 6 nitrogen and oxygen atoms in total. The van der Waals surface area contributed by atoms with Gasteiger partial charge in [-0.25, -0.2) is 4.79 Å². The maximum absolute atomic E-state index is 12.3. The third-order valence-corrected chi connectivity index (χ3v) is 3.91. The lowest BCUT2D eigenvalue weighted by Crippen LogP contribution is -2.40. The summed E-state index contributed by atoms with van der Waals surface area (Å²) in [5.41, 5.74) is 2.22. The fraction of sp³-hybridized carbons (Fsp3) is 0.632. The fourth-order valence-electron chi connectivity index (χ4n) is 2.79. The minimum Gasteiger partial charge on any atom is -0.444 e. The van der Waals surface area contributed by atoms with E-state index in [4.69, 9.17) is 10.1 Å². The third kappa shape index (κ3) is 5.09. The Morgan fingerprint density at radius 2 is 2.16 bits per heavy atom. The van der Waals surface area contributed by atoms with Crippen LogP contribution in [0.15, 0.2) is 0 Å². The molecular formula is C19H28N4O2. The molecule has 2 rings (SSSR count). The molecule has 0 bridgehead atoms. The van der Waals surface area contributed by atoms with Crippen molar-refractivity contribution >= 4 is 12.3 Å². The number of hydrogen-bond donors (Lipinski definition) is 1. The summed E-state index contributed by atoms with van der Waals surface area (Å²) in [6, 6.07) is 0. The number of ether oxygens (including phenoxy) is 1. The lowest BCUT2D eigenvalue weighted by Gasteiger charge is -2.29. The number of aromatic nitrogens is 2. The highest BCUT2D eigenvalue weighted by Crippen LogP contribution is 2.23. The largest absolute Gasteiger partial charge is 0.444 e. The zero-order valence-electron chi connectivity index (χ0n) is 15.7. The van der Waals surface area contributed by atoms with Crippen LogP contribution in [-0.2, 0) is 24.2 Å². The van der Waals surface area contributed by atoms with Gasteiger partial charge in [0.15, 0.2) is 0 Å². The molecule has 0 saturated heterocycles. The number of rotatable bonds is 4. The second kappa shape index (κ2) is 8.19. The molecular weight excluding hydrogens is 316 g/mol. The summed E-state index contributed by atoms with van der Waals surface area (Å²) >= 11 is 0. The molecule has 136 valence electrons. The molecule has 2 heterocycles. The van der Waals surface area contributed by atoms with Crippen LogP contribution in [-0.4, -0.2) is 39.1 Å². The Kier molecular flexibility index (Phi) is 6.24. The Bertz CT molecular complexity index is 689. The van der Waals surface area contributed by atoms with Gasteiger partial charge in [0.1, 0.15) is 5.60 Å². The van der Waals surface area contributed by atoms with Gasteiger partial charge in [-0.2, -0.15) is 5.10 Å². The smallest absolute Gasteiger partial charge is 0.410 e. The maximum atomic E-state index is 12.3. The average molecular weight is 344 g/mol. The number of fused-ring (bicyclic) bond motifs is 1. The van der Waals surface area contributed by atoms with Crippen molar-refractivity contribution in [2.24, 2.45) is 0 Å². The number of amides is 1. The van der Waals surface area contributed by atoms with Crippen LogP contribution in [0.4, 0.5) is 4.79 Å². The average Bonchev–Trinajstić information content (AvgIpc) is 2.89. The van der Waals surface area contributed by atoms with Crippen LogP contribution in [0.2, 0.25) is 0 Å². The van der Waals surface area contributed by atoms with Crippen molar-refractivity contribution in [2.45, 2.75) is 72.1 Å². The maximum Gasteiger partial charge on any atom is 0.410 e. The van der Waals surface area contributed by atoms with Gasteiger partial charge >= 0.3 is 6.09 Å². The van der Waals surface area contributed by atoms with Crippen LogP contribution in [0, 0.1) is 17.3 Å². The highest BCUT2D eigenvalue weighted by Gasteiger charge is 2.29. The Labute approximate surface area is 150 Å². The molecule has 6 heteroatoms. The standard InChI is InChI=1S/C19H28N4O2/c1-5-6-7-8-9-11-23-17(13-20)15-14-22(12-10-16(15)21-23)18(24)25-19(2,3)4/h13,20H,5,8-12,14H2,1-4H3. The molecule has 0 fully saturated rings. The van der Waals surface area contributed by atoms with Gasteiger partial charge in [-0.15, -0.1) is 11.8 Å². The van der Waals surface area contributed by atoms with E-state index in [0.29, 0.717) is 19.5 Å². The van der Waals surface area contributed by atoms with Crippen molar-refractivity contribution < 1.29 is 9.53 Å². The van der Waals surface area contributed by atoms with Crippen molar-refractivity contribution in [1.82, 2.24) is 14.7 Å². The summed E-state index contributed by atoms with van der Waals surface area (Å²) in [6.07, 6.45) is 4.34. The van der Waals surface area contributed by atoms with Crippen LogP contribution < -0.4 is 0 Å². The Morgan fingerprint density at radius 3 is 2.80 bits per heavy atom. The topological polar surface area (TPSA) is 71.2 Å². The molecule has 0 aliphatic carbocycles. The summed E-state index contributed by atoms with van der Waals surface area (Å²) in [5, 5.41) is 12.4. The number of aryl methyl sites for hydroxylation is 1. The van der Waals surface area contributed by atoms with E-state index in [9.17, 15) is 4.79 Å². The number of nitrogens with one attached hydrogen (secondary N) is 1. The number of carbonyl (C=O) groups is 1. The Hall–Kier alpha value is -2.29. The number of hydrogen-bond acceptors (Lipinski definition) is 4. The van der Waals surface area contributed by atoms with Gasteiger partial charge in [0.05, 0.1) is 17.9 Å². The molecule has 0 spiro atoms. The molecule has 1 aliphatic rings. The van der Waals surface area contributed by atoms with Crippen molar-refractivity contribution in [3.63, 3.8) is 0 Å². The van der Waals surface area contributed by atoms with E-state index in [1.165, 1.54) is 6.21 Å². The van der Waals surface area contributed by atoms with E-state index in [-0.39, 0.29) is 6.09 Å². The zero-order chi connectivity index (χ0) is 18.4. The lowest BCUT2D eigenvalue weighted by atomic mass is 10.1. The molecule has 0 aromatic carbocycles. The molecule has 0 saturated carbocycles. The molecule has 0 unspecified atom stereocenters. The minimum absolute atomic E-state index is 0.309. The zero-order valence-corrected chi connectivity index (χ0v) is 15.7. The molecule has 1 amide bonds. The van der Waals surface area contributed by atoms with E-state index in [1.807, 2.05) is 32.4 Å². The van der Waals surface area contributed by atoms with E-state index in [2.05, 4.69) is 16.9 Å². The van der Waals surface area contributed by atoms with Gasteiger partial charge < -0.3 is 15.0 Å². The molecule has 1 N–H and O–H groups in total. The monoisotopic (exact) mass is 344 g/mol. The van der Waals surface area contributed by atoms with Gasteiger partial charge in [0, 0.05) is 44.1 Å². The lowest BCUT2D eigenvalue weighted by molar-refractivity contribution is 0.0223. The Morgan fingerprint density at radius 1 is 1.40 bits per heavy atom. The third-order valence-electron chi connectivity index (χ3n) is 3.91. The van der Waals surface area contributed by atoms with Crippen LogP contribution in [0.25, 0.3) is 0 Å². The summed E-state index contributed by atoms with van der Waals surface area (Å²) in [6.45, 7) is 9.41. The molecule has 1 aliphatic heterocycles. The van der Waals surface area contributed by atoms with Gasteiger partial charge in [-0.05, 0) is 27.2 Å². The van der Waals surface area contributed by atoms with Gasteiger partial charge in [-0.3, -0.25) is 4.68 Å². The van der Waals surface area contributed by atoms with Gasteiger partial charge in [0.2, 0.25) is 0 Å². The second-order valence-corrected chi connectivity index (χ2v) is 7.14. The van der Waals surface area contributed by atoms with E-state index >= 15 is 0 Å². The van der Waals surface area contributed by atoms with Crippen LogP contribution >= 0.6 is 0 Å². The first-order valence-electron chi connectivity index (χ1n) is 8.88. The predicted molar refractivity (Wildman–Crippen MR) is 97.8 cm³/mol. The van der Waals surface area contributed by atoms with Crippen LogP contribution in [0.5, 0.6) is 0 Å². The second-order valence-electron chi connectivity index (χ2n) is 7.14. The first kappa shape index (κ1) is 19.0. The molecule has 0 radical (unpaired) electrons. The summed E-state index contributed by atoms with van der Waals surface area (Å²) in [7, 11) is 0.